The van der Waals surface area contributed by atoms with Gasteiger partial charge in [0.1, 0.15) is 5.69 Å². The highest BCUT2D eigenvalue weighted by Crippen LogP contribution is 2.17. The molecule has 0 radical (unpaired) electrons. The molecule has 0 saturated carbocycles. The Labute approximate surface area is 150 Å². The minimum Gasteiger partial charge on any atom is -0.469 e. The topological polar surface area (TPSA) is 99.5 Å². The zero-order chi connectivity index (χ0) is 18.9. The van der Waals surface area contributed by atoms with Gasteiger partial charge in [0.05, 0.1) is 32.7 Å². The number of nitrogens with one attached hydrogen (secondary N) is 1. The van der Waals surface area contributed by atoms with Crippen molar-refractivity contribution in [2.75, 3.05) is 20.8 Å². The zero-order valence-electron chi connectivity index (χ0n) is 14.7. The molecular formula is C18H21N3O5. The molecule has 0 bridgehead atoms. The molecule has 0 saturated heterocycles. The average Bonchev–Trinajstić information content (AvgIpc) is 2.67. The molecule has 26 heavy (non-hydrogen) atoms. The molecule has 0 aliphatic rings. The number of methoxy groups -OCH3 is 2. The van der Waals surface area contributed by atoms with E-state index in [1.54, 1.807) is 12.1 Å². The fourth-order valence-corrected chi connectivity index (χ4v) is 2.33. The molecule has 0 aliphatic carbocycles. The first-order valence-corrected chi connectivity index (χ1v) is 8.05. The van der Waals surface area contributed by atoms with E-state index < -0.39 is 17.9 Å². The highest BCUT2D eigenvalue weighted by atomic mass is 16.5. The number of nitrogens with zero attached hydrogens (tertiary/aromatic N) is 2. The van der Waals surface area contributed by atoms with Gasteiger partial charge in [0.2, 0.25) is 0 Å². The third-order valence-corrected chi connectivity index (χ3v) is 3.71. The molecule has 2 aromatic rings. The van der Waals surface area contributed by atoms with E-state index in [2.05, 4.69) is 10.4 Å². The predicted molar refractivity (Wildman–Crippen MR) is 93.7 cm³/mol. The first kappa shape index (κ1) is 19.3. The summed E-state index contributed by atoms with van der Waals surface area (Å²) in [5.74, 6) is -0.939. The van der Waals surface area contributed by atoms with Crippen LogP contribution in [0.4, 0.5) is 0 Å². The molecule has 8 nitrogen and oxygen atoms in total. The van der Waals surface area contributed by atoms with E-state index >= 15 is 0 Å². The number of ether oxygens (including phenoxy) is 2. The van der Waals surface area contributed by atoms with Crippen LogP contribution >= 0.6 is 0 Å². The fraction of sp³-hybridized carbons (Fsp3) is 0.333. The van der Waals surface area contributed by atoms with Gasteiger partial charge in [0.25, 0.3) is 11.5 Å². The third kappa shape index (κ3) is 5.25. The van der Waals surface area contributed by atoms with Crippen molar-refractivity contribution in [3.05, 3.63) is 64.1 Å². The highest BCUT2D eigenvalue weighted by molar-refractivity contribution is 5.92. The van der Waals surface area contributed by atoms with Crippen LogP contribution in [0.25, 0.3) is 0 Å². The summed E-state index contributed by atoms with van der Waals surface area (Å²) in [5, 5.41) is 6.82. The van der Waals surface area contributed by atoms with E-state index in [1.165, 1.54) is 26.4 Å². The minimum absolute atomic E-state index is 0.0183. The van der Waals surface area contributed by atoms with E-state index in [0.717, 1.165) is 10.2 Å². The lowest BCUT2D eigenvalue weighted by atomic mass is 10.0. The molecular weight excluding hydrogens is 338 g/mol. The van der Waals surface area contributed by atoms with Crippen molar-refractivity contribution in [2.24, 2.45) is 0 Å². The number of carbonyl (C=O) groups excluding carboxylic acids is 2. The average molecular weight is 359 g/mol. The van der Waals surface area contributed by atoms with Crippen LogP contribution in [0.1, 0.15) is 28.5 Å². The molecule has 1 aromatic heterocycles. The second kappa shape index (κ2) is 9.47. The molecule has 1 unspecified atom stereocenters. The number of hydrogen-bond acceptors (Lipinski definition) is 6. The molecule has 1 N–H and O–H groups in total. The molecule has 1 aromatic carbocycles. The van der Waals surface area contributed by atoms with Gasteiger partial charge in [-0.25, -0.2) is 4.68 Å². The van der Waals surface area contributed by atoms with E-state index in [-0.39, 0.29) is 24.2 Å². The second-order valence-electron chi connectivity index (χ2n) is 5.49. The summed E-state index contributed by atoms with van der Waals surface area (Å²) < 4.78 is 10.8. The van der Waals surface area contributed by atoms with Gasteiger partial charge in [0, 0.05) is 13.2 Å². The summed E-state index contributed by atoms with van der Waals surface area (Å²) in [5.41, 5.74) is 0.512. The van der Waals surface area contributed by atoms with Crippen molar-refractivity contribution in [3.8, 4) is 0 Å². The normalized spacial score (nSPS) is 11.6. The molecule has 1 heterocycles. The van der Waals surface area contributed by atoms with Crippen LogP contribution in [0.15, 0.2) is 47.3 Å². The third-order valence-electron chi connectivity index (χ3n) is 3.71. The van der Waals surface area contributed by atoms with Crippen LogP contribution in [-0.2, 0) is 20.8 Å². The summed E-state index contributed by atoms with van der Waals surface area (Å²) in [6.45, 7) is 0.535. The molecule has 0 fully saturated rings. The van der Waals surface area contributed by atoms with Crippen molar-refractivity contribution < 1.29 is 19.1 Å². The number of aromatic nitrogens is 2. The summed E-state index contributed by atoms with van der Waals surface area (Å²) in [6.07, 6.45) is -0.0183. The van der Waals surface area contributed by atoms with Gasteiger partial charge in [-0.05, 0) is 11.6 Å². The number of benzene rings is 1. The number of esters is 1. The Morgan fingerprint density at radius 1 is 1.15 bits per heavy atom. The molecule has 138 valence electrons. The molecule has 2 rings (SSSR count). The second-order valence-corrected chi connectivity index (χ2v) is 5.49. The maximum Gasteiger partial charge on any atom is 0.307 e. The number of amides is 1. The van der Waals surface area contributed by atoms with Crippen molar-refractivity contribution in [1.29, 1.82) is 0 Å². The Morgan fingerprint density at radius 3 is 2.54 bits per heavy atom. The largest absolute Gasteiger partial charge is 0.469 e. The summed E-state index contributed by atoms with van der Waals surface area (Å²) in [4.78, 5) is 36.0. The van der Waals surface area contributed by atoms with Crippen LogP contribution in [0.3, 0.4) is 0 Å². The monoisotopic (exact) mass is 359 g/mol. The summed E-state index contributed by atoms with van der Waals surface area (Å²) >= 11 is 0. The molecule has 0 spiro atoms. The van der Waals surface area contributed by atoms with Gasteiger partial charge in [-0.3, -0.25) is 14.4 Å². The van der Waals surface area contributed by atoms with Crippen LogP contribution in [0.5, 0.6) is 0 Å². The summed E-state index contributed by atoms with van der Waals surface area (Å²) in [7, 11) is 2.80. The molecule has 0 aliphatic heterocycles. The lowest BCUT2D eigenvalue weighted by molar-refractivity contribution is -0.141. The smallest absolute Gasteiger partial charge is 0.307 e. The zero-order valence-corrected chi connectivity index (χ0v) is 14.7. The van der Waals surface area contributed by atoms with Crippen molar-refractivity contribution in [1.82, 2.24) is 15.1 Å². The van der Waals surface area contributed by atoms with Gasteiger partial charge in [-0.1, -0.05) is 30.3 Å². The summed E-state index contributed by atoms with van der Waals surface area (Å²) in [6, 6.07) is 11.1. The maximum atomic E-state index is 12.6. The van der Waals surface area contributed by atoms with Crippen LogP contribution < -0.4 is 10.9 Å². The number of rotatable bonds is 8. The van der Waals surface area contributed by atoms with Gasteiger partial charge in [-0.2, -0.15) is 5.10 Å². The van der Waals surface area contributed by atoms with Crippen LogP contribution in [0.2, 0.25) is 0 Å². The quantitative estimate of drug-likeness (QED) is 0.704. The first-order chi connectivity index (χ1) is 12.5. The Balaban J connectivity index is 2.21. The van der Waals surface area contributed by atoms with Gasteiger partial charge < -0.3 is 14.8 Å². The highest BCUT2D eigenvalue weighted by Gasteiger charge is 2.20. The van der Waals surface area contributed by atoms with Crippen molar-refractivity contribution in [3.63, 3.8) is 0 Å². The Morgan fingerprint density at radius 2 is 1.88 bits per heavy atom. The van der Waals surface area contributed by atoms with E-state index in [4.69, 9.17) is 9.47 Å². The minimum atomic E-state index is -0.572. The SMILES string of the molecule is COCCn1nc(C(=O)NC(CC(=O)OC)c2ccccc2)ccc1=O. The van der Waals surface area contributed by atoms with Crippen LogP contribution in [-0.4, -0.2) is 42.5 Å². The van der Waals surface area contributed by atoms with Gasteiger partial charge in [0.15, 0.2) is 0 Å². The standard InChI is InChI=1S/C18H21N3O5/c1-25-11-10-21-16(22)9-8-14(20-21)18(24)19-15(12-17(23)26-2)13-6-4-3-5-7-13/h3-9,15H,10-12H2,1-2H3,(H,19,24). The van der Waals surface area contributed by atoms with E-state index in [1.807, 2.05) is 18.2 Å². The van der Waals surface area contributed by atoms with Gasteiger partial charge >= 0.3 is 5.97 Å². The predicted octanol–water partition coefficient (Wildman–Crippen LogP) is 0.924. The Hall–Kier alpha value is -3.00. The van der Waals surface area contributed by atoms with E-state index in [9.17, 15) is 14.4 Å². The number of hydrogen-bond donors (Lipinski definition) is 1. The van der Waals surface area contributed by atoms with Gasteiger partial charge in [-0.15, -0.1) is 0 Å². The Kier molecular flexibility index (Phi) is 7.04. The fourth-order valence-electron chi connectivity index (χ4n) is 2.33. The maximum absolute atomic E-state index is 12.6. The lowest BCUT2D eigenvalue weighted by Gasteiger charge is -2.18. The van der Waals surface area contributed by atoms with Crippen molar-refractivity contribution in [2.45, 2.75) is 19.0 Å². The Bertz CT molecular complexity index is 804. The van der Waals surface area contributed by atoms with Crippen LogP contribution in [0, 0.1) is 0 Å². The molecule has 1 amide bonds. The first-order valence-electron chi connectivity index (χ1n) is 8.05. The van der Waals surface area contributed by atoms with Crippen molar-refractivity contribution >= 4 is 11.9 Å². The lowest BCUT2D eigenvalue weighted by Crippen LogP contribution is -2.33. The van der Waals surface area contributed by atoms with E-state index in [0.29, 0.717) is 6.61 Å². The molecule has 1 atom stereocenters. The number of carbonyl (C=O) groups is 2. The molecule has 8 heteroatoms.